The van der Waals surface area contributed by atoms with Gasteiger partial charge in [-0.1, -0.05) is 0 Å². The minimum absolute atomic E-state index is 0.0543. The van der Waals surface area contributed by atoms with E-state index in [1.807, 2.05) is 0 Å². The van der Waals surface area contributed by atoms with Gasteiger partial charge in [-0.3, -0.25) is 19.2 Å². The van der Waals surface area contributed by atoms with Gasteiger partial charge in [-0.25, -0.2) is 0 Å². The number of aliphatic hydroxyl groups excluding tert-OH is 1. The van der Waals surface area contributed by atoms with Crippen LogP contribution >= 0.6 is 12.6 Å². The van der Waals surface area contributed by atoms with Gasteiger partial charge in [0.05, 0.1) is 13.2 Å². The molecule has 0 fully saturated rings. The summed E-state index contributed by atoms with van der Waals surface area (Å²) in [6.07, 6.45) is 0. The Kier molecular flexibility index (Phi) is 9.08. The molecule has 2 atom stereocenters. The molecule has 0 aromatic heterocycles. The Balaban J connectivity index is 4.23. The molecular weight excluding hydrogens is 304 g/mol. The first-order valence-electron chi connectivity index (χ1n) is 5.85. The van der Waals surface area contributed by atoms with E-state index in [1.54, 1.807) is 0 Å². The van der Waals surface area contributed by atoms with E-state index < -0.39 is 55.5 Å². The van der Waals surface area contributed by atoms with Crippen molar-refractivity contribution in [3.63, 3.8) is 0 Å². The van der Waals surface area contributed by atoms with Crippen LogP contribution in [0.2, 0.25) is 0 Å². The molecule has 0 heterocycles. The van der Waals surface area contributed by atoms with Crippen LogP contribution in [-0.4, -0.2) is 71.4 Å². The summed E-state index contributed by atoms with van der Waals surface area (Å²) < 4.78 is 0. The first-order valence-corrected chi connectivity index (χ1v) is 6.49. The monoisotopic (exact) mass is 322 g/mol. The van der Waals surface area contributed by atoms with E-state index in [2.05, 4.69) is 28.6 Å². The summed E-state index contributed by atoms with van der Waals surface area (Å²) in [5, 5.41) is 23.6. The third-order valence-electron chi connectivity index (χ3n) is 2.20. The number of carbonyl (C=O) groups is 4. The lowest BCUT2D eigenvalue weighted by Crippen LogP contribution is -2.52. The first-order chi connectivity index (χ1) is 9.81. The van der Waals surface area contributed by atoms with Crippen LogP contribution in [0.3, 0.4) is 0 Å². The molecule has 120 valence electrons. The number of carboxylic acids is 1. The van der Waals surface area contributed by atoms with Crippen molar-refractivity contribution in [1.29, 1.82) is 0 Å². The smallest absolute Gasteiger partial charge is 0.322 e. The number of carboxylic acid groups (broad SMARTS) is 1. The van der Waals surface area contributed by atoms with E-state index >= 15 is 0 Å². The number of nitrogens with two attached hydrogens (primary N) is 1. The Bertz CT molecular complexity index is 405. The molecular formula is C10H18N4O6S. The summed E-state index contributed by atoms with van der Waals surface area (Å²) in [4.78, 5) is 44.6. The van der Waals surface area contributed by atoms with Gasteiger partial charge in [-0.15, -0.1) is 0 Å². The average molecular weight is 322 g/mol. The maximum absolute atomic E-state index is 11.5. The van der Waals surface area contributed by atoms with E-state index in [1.165, 1.54) is 0 Å². The summed E-state index contributed by atoms with van der Waals surface area (Å²) in [6, 6.07) is -2.18. The van der Waals surface area contributed by atoms with Crippen molar-refractivity contribution in [2.45, 2.75) is 12.1 Å². The molecule has 0 bridgehead atoms. The van der Waals surface area contributed by atoms with Gasteiger partial charge >= 0.3 is 5.97 Å². The Morgan fingerprint density at radius 3 is 2.14 bits per heavy atom. The molecule has 0 aliphatic rings. The normalized spacial score (nSPS) is 12.9. The van der Waals surface area contributed by atoms with Crippen LogP contribution < -0.4 is 21.7 Å². The van der Waals surface area contributed by atoms with Crippen molar-refractivity contribution >= 4 is 36.3 Å². The Labute approximate surface area is 125 Å². The maximum atomic E-state index is 11.5. The fourth-order valence-electron chi connectivity index (χ4n) is 1.11. The molecule has 11 heteroatoms. The Morgan fingerprint density at radius 1 is 1.10 bits per heavy atom. The highest BCUT2D eigenvalue weighted by Crippen LogP contribution is 1.89. The van der Waals surface area contributed by atoms with Crippen molar-refractivity contribution < 1.29 is 29.4 Å². The number of thiol groups is 1. The summed E-state index contributed by atoms with van der Waals surface area (Å²) in [6.45, 7) is -1.59. The molecule has 0 aliphatic heterocycles. The zero-order valence-electron chi connectivity index (χ0n) is 11.0. The maximum Gasteiger partial charge on any atom is 0.322 e. The molecule has 3 amide bonds. The van der Waals surface area contributed by atoms with Gasteiger partial charge in [0.15, 0.2) is 0 Å². The van der Waals surface area contributed by atoms with Crippen LogP contribution in [0.15, 0.2) is 0 Å². The van der Waals surface area contributed by atoms with Gasteiger partial charge in [0, 0.05) is 5.75 Å². The number of aliphatic carboxylic acids is 1. The highest BCUT2D eigenvalue weighted by Gasteiger charge is 2.20. The van der Waals surface area contributed by atoms with Gasteiger partial charge in [-0.05, 0) is 0 Å². The molecule has 0 saturated heterocycles. The molecule has 0 radical (unpaired) electrons. The van der Waals surface area contributed by atoms with Crippen LogP contribution in [0.5, 0.6) is 0 Å². The van der Waals surface area contributed by atoms with Crippen LogP contribution in [0.25, 0.3) is 0 Å². The standard InChI is InChI=1S/C10H18N4O6S/c11-5(3-15)9(19)12-1-7(16)14-6(4-21)10(20)13-2-8(17)18/h5-6,15,21H,1-4,11H2,(H,12,19)(H,13,20)(H,14,16)(H,17,18). The number of nitrogens with one attached hydrogen (secondary N) is 3. The third-order valence-corrected chi connectivity index (χ3v) is 2.57. The predicted molar refractivity (Wildman–Crippen MR) is 74.5 cm³/mol. The van der Waals surface area contributed by atoms with Gasteiger partial charge in [0.1, 0.15) is 18.6 Å². The second-order valence-corrected chi connectivity index (χ2v) is 4.29. The summed E-state index contributed by atoms with van der Waals surface area (Å²) in [5.41, 5.74) is 5.22. The molecule has 0 rings (SSSR count). The average Bonchev–Trinajstić information content (AvgIpc) is 2.46. The van der Waals surface area contributed by atoms with Gasteiger partial charge < -0.3 is 31.9 Å². The van der Waals surface area contributed by atoms with Gasteiger partial charge in [0.2, 0.25) is 17.7 Å². The second kappa shape index (κ2) is 9.96. The van der Waals surface area contributed by atoms with Crippen LogP contribution in [0.1, 0.15) is 0 Å². The van der Waals surface area contributed by atoms with Gasteiger partial charge in [0.25, 0.3) is 0 Å². The molecule has 7 N–H and O–H groups in total. The largest absolute Gasteiger partial charge is 0.480 e. The molecule has 0 saturated carbocycles. The lowest BCUT2D eigenvalue weighted by Gasteiger charge is -2.16. The van der Waals surface area contributed by atoms with E-state index in [0.29, 0.717) is 0 Å². The number of aliphatic hydroxyl groups is 1. The van der Waals surface area contributed by atoms with Crippen molar-refractivity contribution in [2.75, 3.05) is 25.4 Å². The number of hydrogen-bond donors (Lipinski definition) is 7. The number of carbonyl (C=O) groups excluding carboxylic acids is 3. The fraction of sp³-hybridized carbons (Fsp3) is 0.600. The van der Waals surface area contributed by atoms with Gasteiger partial charge in [-0.2, -0.15) is 12.6 Å². The zero-order chi connectivity index (χ0) is 16.4. The molecule has 0 aliphatic carbocycles. The summed E-state index contributed by atoms with van der Waals surface area (Å²) in [5.74, 6) is -3.39. The Hall–Kier alpha value is -1.85. The Morgan fingerprint density at radius 2 is 1.67 bits per heavy atom. The first kappa shape index (κ1) is 19.1. The quantitative estimate of drug-likeness (QED) is 0.212. The minimum Gasteiger partial charge on any atom is -0.480 e. The van der Waals surface area contributed by atoms with E-state index in [0.717, 1.165) is 0 Å². The molecule has 21 heavy (non-hydrogen) atoms. The third kappa shape index (κ3) is 8.12. The number of hydrogen-bond acceptors (Lipinski definition) is 7. The summed E-state index contributed by atoms with van der Waals surface area (Å²) in [7, 11) is 0. The highest BCUT2D eigenvalue weighted by atomic mass is 32.1. The molecule has 0 aromatic rings. The SMILES string of the molecule is NC(CO)C(=O)NCC(=O)NC(CS)C(=O)NCC(=O)O. The predicted octanol–water partition coefficient (Wildman–Crippen LogP) is -3.96. The van der Waals surface area contributed by atoms with Crippen LogP contribution in [0, 0.1) is 0 Å². The van der Waals surface area contributed by atoms with E-state index in [-0.39, 0.29) is 5.75 Å². The van der Waals surface area contributed by atoms with Crippen molar-refractivity contribution in [2.24, 2.45) is 5.73 Å². The highest BCUT2D eigenvalue weighted by molar-refractivity contribution is 7.80. The lowest BCUT2D eigenvalue weighted by molar-refractivity contribution is -0.138. The van der Waals surface area contributed by atoms with Crippen LogP contribution in [-0.2, 0) is 19.2 Å². The molecule has 0 aromatic carbocycles. The van der Waals surface area contributed by atoms with Crippen molar-refractivity contribution in [1.82, 2.24) is 16.0 Å². The summed E-state index contributed by atoms with van der Waals surface area (Å²) >= 11 is 3.87. The minimum atomic E-state index is -1.22. The van der Waals surface area contributed by atoms with Crippen molar-refractivity contribution in [3.8, 4) is 0 Å². The zero-order valence-corrected chi connectivity index (χ0v) is 11.9. The van der Waals surface area contributed by atoms with E-state index in [4.69, 9.17) is 15.9 Å². The van der Waals surface area contributed by atoms with Crippen LogP contribution in [0.4, 0.5) is 0 Å². The van der Waals surface area contributed by atoms with E-state index in [9.17, 15) is 19.2 Å². The molecule has 2 unspecified atom stereocenters. The topological polar surface area (TPSA) is 171 Å². The molecule has 10 nitrogen and oxygen atoms in total. The molecule has 0 spiro atoms. The fourth-order valence-corrected chi connectivity index (χ4v) is 1.36. The van der Waals surface area contributed by atoms with Crippen molar-refractivity contribution in [3.05, 3.63) is 0 Å². The number of amides is 3. The lowest BCUT2D eigenvalue weighted by atomic mass is 10.3. The number of rotatable bonds is 9. The second-order valence-electron chi connectivity index (χ2n) is 3.92.